The largest absolute Gasteiger partial charge is 0.869 e. The Morgan fingerprint density at radius 3 is 2.84 bits per heavy atom. The molecular weight excluding hydrogens is 366 g/mol. The van der Waals surface area contributed by atoms with E-state index in [9.17, 15) is 15.0 Å². The van der Waals surface area contributed by atoms with Gasteiger partial charge in [-0.25, -0.2) is 9.78 Å². The molecule has 0 atom stereocenters. The van der Waals surface area contributed by atoms with Crippen molar-refractivity contribution in [3.8, 4) is 11.5 Å². The second-order valence-corrected chi connectivity index (χ2v) is 6.30. The molecule has 0 aliphatic carbocycles. The van der Waals surface area contributed by atoms with E-state index in [1.807, 2.05) is 6.07 Å². The van der Waals surface area contributed by atoms with E-state index in [0.29, 0.717) is 16.7 Å². The Morgan fingerprint density at radius 2 is 2.16 bits per heavy atom. The Balaban J connectivity index is 1.97. The molecule has 0 unspecified atom stereocenters. The molecule has 0 fully saturated rings. The zero-order valence-corrected chi connectivity index (χ0v) is 14.4. The number of ether oxygens (including phenoxy) is 1. The first-order valence-electron chi connectivity index (χ1n) is 7.01. The number of benzene rings is 2. The first-order valence-corrected chi connectivity index (χ1v) is 8.20. The van der Waals surface area contributed by atoms with Gasteiger partial charge >= 0.3 is 5.97 Å². The highest BCUT2D eigenvalue weighted by Crippen LogP contribution is 2.35. The second-order valence-electron chi connectivity index (χ2n) is 4.90. The maximum atomic E-state index is 11.7. The SMILES string of the molecule is COc1cc(/C=C(/Sc2nc3ccccc3o2)C(=O)O)cc(Cl)c1[O-]. The molecule has 128 valence electrons. The Morgan fingerprint density at radius 1 is 1.40 bits per heavy atom. The van der Waals surface area contributed by atoms with Crippen LogP contribution in [0.5, 0.6) is 11.5 Å². The van der Waals surface area contributed by atoms with Gasteiger partial charge in [0.1, 0.15) is 16.2 Å². The number of nitrogens with zero attached hydrogens (tertiary/aromatic N) is 1. The Bertz CT molecular complexity index is 949. The van der Waals surface area contributed by atoms with Crippen molar-refractivity contribution in [2.45, 2.75) is 5.22 Å². The van der Waals surface area contributed by atoms with Crippen LogP contribution in [0.15, 0.2) is 50.9 Å². The standard InChI is InChI=1S/C17H12ClNO5S/c1-23-13-7-9(6-10(18)15(13)20)8-14(16(21)22)25-17-19-11-4-2-3-5-12(11)24-17/h2-8,20H,1H3,(H,21,22)/p-1/b14-8+. The third-order valence-corrected chi connectivity index (χ3v) is 4.37. The summed E-state index contributed by atoms with van der Waals surface area (Å²) in [6, 6.07) is 9.92. The molecule has 0 saturated heterocycles. The Labute approximate surface area is 151 Å². The van der Waals surface area contributed by atoms with Gasteiger partial charge < -0.3 is 19.4 Å². The van der Waals surface area contributed by atoms with E-state index in [2.05, 4.69) is 4.98 Å². The number of hydrogen-bond acceptors (Lipinski definition) is 6. The third kappa shape index (κ3) is 3.72. The van der Waals surface area contributed by atoms with Gasteiger partial charge in [0, 0.05) is 5.02 Å². The van der Waals surface area contributed by atoms with Gasteiger partial charge in [0.2, 0.25) is 0 Å². The summed E-state index contributed by atoms with van der Waals surface area (Å²) in [7, 11) is 1.34. The summed E-state index contributed by atoms with van der Waals surface area (Å²) < 4.78 is 10.5. The summed E-state index contributed by atoms with van der Waals surface area (Å²) in [6.45, 7) is 0. The molecule has 1 aromatic heterocycles. The van der Waals surface area contributed by atoms with Crippen LogP contribution >= 0.6 is 23.4 Å². The molecule has 0 spiro atoms. The molecule has 0 amide bonds. The van der Waals surface area contributed by atoms with Crippen molar-refractivity contribution in [1.82, 2.24) is 4.98 Å². The molecule has 0 radical (unpaired) electrons. The van der Waals surface area contributed by atoms with Crippen LogP contribution in [-0.4, -0.2) is 23.2 Å². The number of thioether (sulfide) groups is 1. The Kier molecular flexibility index (Phi) is 4.87. The van der Waals surface area contributed by atoms with Crippen LogP contribution in [0.25, 0.3) is 17.2 Å². The number of carboxylic acid groups (broad SMARTS) is 1. The number of carboxylic acids is 1. The summed E-state index contributed by atoms with van der Waals surface area (Å²) in [4.78, 5) is 15.7. The van der Waals surface area contributed by atoms with Crippen LogP contribution in [0.1, 0.15) is 5.56 Å². The molecule has 8 heteroatoms. The summed E-state index contributed by atoms with van der Waals surface area (Å²) in [6.07, 6.45) is 1.37. The summed E-state index contributed by atoms with van der Waals surface area (Å²) >= 11 is 6.73. The highest BCUT2D eigenvalue weighted by molar-refractivity contribution is 8.03. The molecule has 3 rings (SSSR count). The van der Waals surface area contributed by atoms with Gasteiger partial charge in [0.25, 0.3) is 5.22 Å². The highest BCUT2D eigenvalue weighted by atomic mass is 35.5. The predicted octanol–water partition coefficient (Wildman–Crippen LogP) is 3.78. The monoisotopic (exact) mass is 376 g/mol. The summed E-state index contributed by atoms with van der Waals surface area (Å²) in [5, 5.41) is 21.3. The number of halogens is 1. The van der Waals surface area contributed by atoms with Gasteiger partial charge in [-0.15, -0.1) is 0 Å². The van der Waals surface area contributed by atoms with Crippen molar-refractivity contribution < 1.29 is 24.2 Å². The normalized spacial score (nSPS) is 11.7. The van der Waals surface area contributed by atoms with Crippen molar-refractivity contribution in [1.29, 1.82) is 0 Å². The molecule has 1 heterocycles. The van der Waals surface area contributed by atoms with Crippen LogP contribution in [0.4, 0.5) is 0 Å². The van der Waals surface area contributed by atoms with E-state index < -0.39 is 11.7 Å². The number of aliphatic carboxylic acids is 1. The first-order chi connectivity index (χ1) is 12.0. The van der Waals surface area contributed by atoms with Crippen LogP contribution in [0.3, 0.4) is 0 Å². The smallest absolute Gasteiger partial charge is 0.342 e. The average molecular weight is 377 g/mol. The lowest BCUT2D eigenvalue weighted by molar-refractivity contribution is -0.269. The molecular formula is C17H11ClNO5S-. The fourth-order valence-corrected chi connectivity index (χ4v) is 3.06. The van der Waals surface area contributed by atoms with Gasteiger partial charge in [0.05, 0.1) is 7.11 Å². The molecule has 6 nitrogen and oxygen atoms in total. The predicted molar refractivity (Wildman–Crippen MR) is 92.9 cm³/mol. The van der Waals surface area contributed by atoms with Gasteiger partial charge in [-0.2, -0.15) is 0 Å². The van der Waals surface area contributed by atoms with Crippen molar-refractivity contribution in [3.63, 3.8) is 0 Å². The first kappa shape index (κ1) is 17.2. The maximum absolute atomic E-state index is 11.7. The second kappa shape index (κ2) is 7.08. The summed E-state index contributed by atoms with van der Waals surface area (Å²) in [5.41, 5.74) is 1.62. The third-order valence-electron chi connectivity index (χ3n) is 3.23. The molecule has 2 aromatic carbocycles. The van der Waals surface area contributed by atoms with Crippen LogP contribution < -0.4 is 9.84 Å². The van der Waals surface area contributed by atoms with Gasteiger partial charge in [-0.05, 0) is 53.4 Å². The topological polar surface area (TPSA) is 95.6 Å². The van der Waals surface area contributed by atoms with Crippen LogP contribution in [0, 0.1) is 0 Å². The van der Waals surface area contributed by atoms with Crippen LogP contribution in [0.2, 0.25) is 5.02 Å². The van der Waals surface area contributed by atoms with Gasteiger partial charge in [-0.1, -0.05) is 23.7 Å². The highest BCUT2D eigenvalue weighted by Gasteiger charge is 2.15. The van der Waals surface area contributed by atoms with Gasteiger partial charge in [0.15, 0.2) is 5.58 Å². The number of para-hydroxylation sites is 2. The van der Waals surface area contributed by atoms with Crippen LogP contribution in [-0.2, 0) is 4.79 Å². The van der Waals surface area contributed by atoms with E-state index in [0.717, 1.165) is 11.8 Å². The van der Waals surface area contributed by atoms with Crippen molar-refractivity contribution >= 4 is 46.5 Å². The Hall–Kier alpha value is -2.64. The molecule has 25 heavy (non-hydrogen) atoms. The quantitative estimate of drug-likeness (QED) is 0.534. The molecule has 1 N–H and O–H groups in total. The van der Waals surface area contributed by atoms with E-state index in [1.54, 1.807) is 18.2 Å². The van der Waals surface area contributed by atoms with Crippen molar-refractivity contribution in [3.05, 3.63) is 51.9 Å². The van der Waals surface area contributed by atoms with E-state index in [-0.39, 0.29) is 20.9 Å². The average Bonchev–Trinajstić information content (AvgIpc) is 2.99. The van der Waals surface area contributed by atoms with E-state index in [4.69, 9.17) is 20.8 Å². The zero-order chi connectivity index (χ0) is 18.0. The number of fused-ring (bicyclic) bond motifs is 1. The van der Waals surface area contributed by atoms with Crippen molar-refractivity contribution in [2.75, 3.05) is 7.11 Å². The lowest BCUT2D eigenvalue weighted by atomic mass is 10.2. The minimum Gasteiger partial charge on any atom is -0.869 e. The molecule has 0 bridgehead atoms. The lowest BCUT2D eigenvalue weighted by Gasteiger charge is -2.15. The van der Waals surface area contributed by atoms with E-state index >= 15 is 0 Å². The lowest BCUT2D eigenvalue weighted by Crippen LogP contribution is -1.99. The molecule has 0 saturated carbocycles. The zero-order valence-electron chi connectivity index (χ0n) is 12.9. The van der Waals surface area contributed by atoms with Gasteiger partial charge in [-0.3, -0.25) is 0 Å². The minimum absolute atomic E-state index is 0.0374. The maximum Gasteiger partial charge on any atom is 0.342 e. The summed E-state index contributed by atoms with van der Waals surface area (Å²) in [5.74, 6) is -1.58. The number of rotatable bonds is 5. The fourth-order valence-electron chi connectivity index (χ4n) is 2.10. The molecule has 3 aromatic rings. The fraction of sp³-hybridized carbons (Fsp3) is 0.0588. The number of methoxy groups -OCH3 is 1. The molecule has 0 aliphatic rings. The van der Waals surface area contributed by atoms with E-state index in [1.165, 1.54) is 25.3 Å². The number of oxazole rings is 1. The number of aromatic nitrogens is 1. The number of carbonyl (C=O) groups is 1. The minimum atomic E-state index is -1.16. The number of hydrogen-bond donors (Lipinski definition) is 1. The van der Waals surface area contributed by atoms with Crippen molar-refractivity contribution in [2.24, 2.45) is 0 Å². The molecule has 0 aliphatic heterocycles.